The van der Waals surface area contributed by atoms with Gasteiger partial charge in [0, 0.05) is 18.3 Å². The Morgan fingerprint density at radius 2 is 2.00 bits per heavy atom. The van der Waals surface area contributed by atoms with Gasteiger partial charge in [-0.3, -0.25) is 9.59 Å². The summed E-state index contributed by atoms with van der Waals surface area (Å²) in [4.78, 5) is 26.9. The highest BCUT2D eigenvalue weighted by Gasteiger charge is 2.34. The molecule has 0 saturated carbocycles. The molecule has 0 radical (unpaired) electrons. The number of amides is 2. The molecule has 5 nitrogen and oxygen atoms in total. The number of anilines is 1. The van der Waals surface area contributed by atoms with Crippen LogP contribution in [0.3, 0.4) is 0 Å². The molecule has 2 aromatic carbocycles. The van der Waals surface area contributed by atoms with Gasteiger partial charge in [-0.1, -0.05) is 30.3 Å². The zero-order valence-electron chi connectivity index (χ0n) is 15.3. The lowest BCUT2D eigenvalue weighted by atomic mass is 10.1. The van der Waals surface area contributed by atoms with Crippen LogP contribution in [0.4, 0.5) is 10.1 Å². The number of benzene rings is 2. The van der Waals surface area contributed by atoms with Crippen LogP contribution in [-0.2, 0) is 16.0 Å². The number of carbonyl (C=O) groups is 2. The van der Waals surface area contributed by atoms with Gasteiger partial charge in [0.2, 0.25) is 11.8 Å². The minimum atomic E-state index is -0.532. The van der Waals surface area contributed by atoms with E-state index in [-0.39, 0.29) is 24.0 Å². The molecule has 1 atom stereocenters. The Bertz CT molecular complexity index is 810. The molecule has 6 heteroatoms. The summed E-state index contributed by atoms with van der Waals surface area (Å²) in [5.41, 5.74) is 1.27. The lowest BCUT2D eigenvalue weighted by Crippen LogP contribution is -2.43. The van der Waals surface area contributed by atoms with E-state index in [1.165, 1.54) is 12.1 Å². The fourth-order valence-electron chi connectivity index (χ4n) is 3.29. The van der Waals surface area contributed by atoms with Gasteiger partial charge < -0.3 is 15.0 Å². The van der Waals surface area contributed by atoms with Crippen LogP contribution in [0.15, 0.2) is 48.5 Å². The predicted octanol–water partition coefficient (Wildman–Crippen LogP) is 3.40. The summed E-state index contributed by atoms with van der Waals surface area (Å²) >= 11 is 0. The van der Waals surface area contributed by atoms with Crippen LogP contribution in [0.1, 0.15) is 25.3 Å². The zero-order valence-corrected chi connectivity index (χ0v) is 15.3. The number of nitrogens with zero attached hydrogens (tertiary/aromatic N) is 1. The summed E-state index contributed by atoms with van der Waals surface area (Å²) in [6, 6.07) is 13.2. The maximum atomic E-state index is 14.0. The molecule has 1 aliphatic rings. The molecule has 1 saturated heterocycles. The average molecular weight is 370 g/mol. The molecular weight excluding hydrogens is 347 g/mol. The fraction of sp³-hybridized carbons (Fsp3) is 0.333. The van der Waals surface area contributed by atoms with Crippen LogP contribution in [0.25, 0.3) is 0 Å². The van der Waals surface area contributed by atoms with Crippen molar-refractivity contribution in [2.24, 2.45) is 0 Å². The molecule has 142 valence electrons. The molecule has 1 fully saturated rings. The second-order valence-corrected chi connectivity index (χ2v) is 6.47. The summed E-state index contributed by atoms with van der Waals surface area (Å²) in [5, 5.41) is 2.71. The Morgan fingerprint density at radius 1 is 1.22 bits per heavy atom. The van der Waals surface area contributed by atoms with E-state index >= 15 is 0 Å². The first-order valence-electron chi connectivity index (χ1n) is 9.15. The maximum absolute atomic E-state index is 14.0. The van der Waals surface area contributed by atoms with E-state index in [4.69, 9.17) is 4.74 Å². The van der Waals surface area contributed by atoms with Crippen LogP contribution in [0.2, 0.25) is 0 Å². The van der Waals surface area contributed by atoms with Crippen molar-refractivity contribution in [2.45, 2.75) is 32.2 Å². The normalized spacial score (nSPS) is 16.2. The molecule has 27 heavy (non-hydrogen) atoms. The van der Waals surface area contributed by atoms with Crippen LogP contribution >= 0.6 is 0 Å². The largest absolute Gasteiger partial charge is 0.491 e. The van der Waals surface area contributed by atoms with Crippen molar-refractivity contribution in [1.29, 1.82) is 0 Å². The van der Waals surface area contributed by atoms with E-state index in [1.54, 1.807) is 17.9 Å². The van der Waals surface area contributed by atoms with E-state index in [1.807, 2.05) is 30.3 Å². The molecule has 1 aliphatic heterocycles. The number of hydrogen-bond donors (Lipinski definition) is 1. The van der Waals surface area contributed by atoms with Crippen molar-refractivity contribution < 1.29 is 18.7 Å². The number of nitrogens with one attached hydrogen (secondary N) is 1. The fourth-order valence-corrected chi connectivity index (χ4v) is 3.29. The first-order chi connectivity index (χ1) is 13.1. The van der Waals surface area contributed by atoms with Gasteiger partial charge in [0.05, 0.1) is 13.0 Å². The second-order valence-electron chi connectivity index (χ2n) is 6.47. The Morgan fingerprint density at radius 3 is 2.70 bits per heavy atom. The van der Waals surface area contributed by atoms with E-state index in [0.29, 0.717) is 25.3 Å². The Balaban J connectivity index is 1.65. The van der Waals surface area contributed by atoms with Gasteiger partial charge in [0.1, 0.15) is 6.04 Å². The van der Waals surface area contributed by atoms with Gasteiger partial charge in [-0.2, -0.15) is 0 Å². The van der Waals surface area contributed by atoms with E-state index < -0.39 is 11.9 Å². The monoisotopic (exact) mass is 370 g/mol. The van der Waals surface area contributed by atoms with Gasteiger partial charge in [0.25, 0.3) is 0 Å². The molecule has 2 amide bonds. The quantitative estimate of drug-likeness (QED) is 0.848. The number of ether oxygens (including phenoxy) is 1. The van der Waals surface area contributed by atoms with Crippen LogP contribution < -0.4 is 10.1 Å². The molecule has 0 aliphatic carbocycles. The molecule has 3 rings (SSSR count). The molecule has 0 spiro atoms. The summed E-state index contributed by atoms with van der Waals surface area (Å²) < 4.78 is 19.1. The summed E-state index contributed by atoms with van der Waals surface area (Å²) in [5.74, 6) is -0.747. The number of halogens is 1. The number of likely N-dealkylation sites (tertiary alicyclic amines) is 1. The minimum absolute atomic E-state index is 0.0725. The van der Waals surface area contributed by atoms with Gasteiger partial charge in [-0.05, 0) is 37.5 Å². The molecule has 1 unspecified atom stereocenters. The third-order valence-corrected chi connectivity index (χ3v) is 4.57. The highest BCUT2D eigenvalue weighted by atomic mass is 19.1. The van der Waals surface area contributed by atoms with Crippen molar-refractivity contribution in [3.63, 3.8) is 0 Å². The highest BCUT2D eigenvalue weighted by Crippen LogP contribution is 2.24. The number of hydrogen-bond acceptors (Lipinski definition) is 3. The Labute approximate surface area is 158 Å². The molecule has 0 bridgehead atoms. The molecular formula is C21H23FN2O3. The SMILES string of the molecule is CCOc1ccc(NC(=O)C2CCCN2C(=O)Cc2ccccc2)cc1F. The van der Waals surface area contributed by atoms with Crippen molar-refractivity contribution in [3.8, 4) is 5.75 Å². The summed E-state index contributed by atoms with van der Waals surface area (Å²) in [7, 11) is 0. The molecule has 2 aromatic rings. The topological polar surface area (TPSA) is 58.6 Å². The van der Waals surface area contributed by atoms with Crippen LogP contribution in [0, 0.1) is 5.82 Å². The lowest BCUT2D eigenvalue weighted by Gasteiger charge is -2.24. The first kappa shape index (κ1) is 18.9. The molecule has 0 aromatic heterocycles. The van der Waals surface area contributed by atoms with Crippen molar-refractivity contribution >= 4 is 17.5 Å². The summed E-state index contributed by atoms with van der Waals surface area (Å²) in [6.07, 6.45) is 1.64. The predicted molar refractivity (Wildman–Crippen MR) is 101 cm³/mol. The van der Waals surface area contributed by atoms with Crippen molar-refractivity contribution in [1.82, 2.24) is 4.90 Å². The van der Waals surface area contributed by atoms with Crippen molar-refractivity contribution in [3.05, 3.63) is 59.9 Å². The summed E-state index contributed by atoms with van der Waals surface area (Å²) in [6.45, 7) is 2.70. The number of rotatable bonds is 6. The maximum Gasteiger partial charge on any atom is 0.247 e. The number of carbonyl (C=O) groups excluding carboxylic acids is 2. The standard InChI is InChI=1S/C21H23FN2O3/c1-2-27-19-11-10-16(14-17(19)22)23-21(26)18-9-6-12-24(18)20(25)13-15-7-4-3-5-8-15/h3-5,7-8,10-11,14,18H,2,6,9,12-13H2,1H3,(H,23,26). The Hall–Kier alpha value is -2.89. The lowest BCUT2D eigenvalue weighted by molar-refractivity contribution is -0.136. The van der Waals surface area contributed by atoms with E-state index in [0.717, 1.165) is 12.0 Å². The molecule has 1 heterocycles. The first-order valence-corrected chi connectivity index (χ1v) is 9.15. The third kappa shape index (κ3) is 4.64. The van der Waals surface area contributed by atoms with Crippen molar-refractivity contribution in [2.75, 3.05) is 18.5 Å². The van der Waals surface area contributed by atoms with E-state index in [2.05, 4.69) is 5.32 Å². The Kier molecular flexibility index (Phi) is 6.06. The van der Waals surface area contributed by atoms with Gasteiger partial charge in [-0.15, -0.1) is 0 Å². The molecule has 1 N–H and O–H groups in total. The van der Waals surface area contributed by atoms with Gasteiger partial charge >= 0.3 is 0 Å². The second kappa shape index (κ2) is 8.66. The van der Waals surface area contributed by atoms with Crippen LogP contribution in [0.5, 0.6) is 5.75 Å². The smallest absolute Gasteiger partial charge is 0.247 e. The van der Waals surface area contributed by atoms with Gasteiger partial charge in [-0.25, -0.2) is 4.39 Å². The van der Waals surface area contributed by atoms with Gasteiger partial charge in [0.15, 0.2) is 11.6 Å². The minimum Gasteiger partial charge on any atom is -0.491 e. The highest BCUT2D eigenvalue weighted by molar-refractivity contribution is 5.97. The average Bonchev–Trinajstić information content (AvgIpc) is 3.15. The zero-order chi connectivity index (χ0) is 19.2. The van der Waals surface area contributed by atoms with Crippen LogP contribution in [-0.4, -0.2) is 35.9 Å². The third-order valence-electron chi connectivity index (χ3n) is 4.57. The van der Waals surface area contributed by atoms with E-state index in [9.17, 15) is 14.0 Å².